The van der Waals surface area contributed by atoms with E-state index in [-0.39, 0.29) is 0 Å². The number of hydrogen-bond donors (Lipinski definition) is 1. The summed E-state index contributed by atoms with van der Waals surface area (Å²) in [5, 5.41) is 8.35. The van der Waals surface area contributed by atoms with Crippen molar-refractivity contribution in [2.45, 2.75) is 19.4 Å². The molecule has 0 amide bonds. The Labute approximate surface area is 112 Å². The smallest absolute Gasteiger partial charge is 0.128 e. The minimum absolute atomic E-state index is 0.395. The Bertz CT molecular complexity index is 526. The van der Waals surface area contributed by atoms with E-state index in [0.717, 1.165) is 24.0 Å². The molecule has 0 aliphatic rings. The molecule has 0 saturated heterocycles. The summed E-state index contributed by atoms with van der Waals surface area (Å²) in [4.78, 5) is 0. The van der Waals surface area contributed by atoms with Crippen molar-refractivity contribution in [2.75, 3.05) is 19.8 Å². The molecule has 0 saturated carbocycles. The van der Waals surface area contributed by atoms with Gasteiger partial charge in [-0.15, -0.1) is 0 Å². The fraction of sp³-hybridized carbons (Fsp3) is 0.500. The topological polar surface area (TPSA) is 39.1 Å². The van der Waals surface area contributed by atoms with Gasteiger partial charge in [0, 0.05) is 12.4 Å². The first-order chi connectivity index (χ1) is 9.24. The third-order valence-corrected chi connectivity index (χ3v) is 3.09. The first-order valence-electron chi connectivity index (χ1n) is 6.59. The molecule has 0 spiro atoms. The molecule has 0 aliphatic heterocycles. The van der Waals surface area contributed by atoms with E-state index in [1.165, 1.54) is 0 Å². The highest BCUT2D eigenvalue weighted by molar-refractivity contribution is 5.80. The van der Waals surface area contributed by atoms with Crippen molar-refractivity contribution in [1.82, 2.24) is 15.1 Å². The van der Waals surface area contributed by atoms with E-state index in [9.17, 15) is 4.39 Å². The summed E-state index contributed by atoms with van der Waals surface area (Å²) in [5.41, 5.74) is 1.04. The van der Waals surface area contributed by atoms with E-state index in [1.54, 1.807) is 10.9 Å². The summed E-state index contributed by atoms with van der Waals surface area (Å²) in [6.45, 7) is 3.21. The van der Waals surface area contributed by atoms with Crippen LogP contribution in [0.5, 0.6) is 5.75 Å². The quantitative estimate of drug-likeness (QED) is 0.781. The molecule has 19 heavy (non-hydrogen) atoms. The Morgan fingerprint density at radius 1 is 1.47 bits per heavy atom. The molecule has 5 heteroatoms. The van der Waals surface area contributed by atoms with Crippen molar-refractivity contribution < 1.29 is 9.13 Å². The summed E-state index contributed by atoms with van der Waals surface area (Å²) in [7, 11) is 1.89. The number of alkyl halides is 1. The van der Waals surface area contributed by atoms with Crippen LogP contribution in [-0.2, 0) is 7.05 Å². The number of rotatable bonds is 7. The number of nitrogens with zero attached hydrogens (tertiary/aromatic N) is 2. The largest absolute Gasteiger partial charge is 0.488 e. The number of fused-ring (bicyclic) bond motifs is 1. The van der Waals surface area contributed by atoms with Gasteiger partial charge in [0.25, 0.3) is 0 Å². The van der Waals surface area contributed by atoms with Crippen molar-refractivity contribution in [3.63, 3.8) is 0 Å². The molecule has 1 atom stereocenters. The summed E-state index contributed by atoms with van der Waals surface area (Å²) in [6, 6.07) is 5.70. The molecule has 1 N–H and O–H groups in total. The summed E-state index contributed by atoms with van der Waals surface area (Å²) < 4.78 is 20.4. The van der Waals surface area contributed by atoms with Crippen molar-refractivity contribution >= 4 is 10.9 Å². The van der Waals surface area contributed by atoms with Gasteiger partial charge in [-0.3, -0.25) is 4.68 Å². The number of benzene rings is 1. The van der Waals surface area contributed by atoms with Crippen LogP contribution in [0.1, 0.15) is 13.3 Å². The predicted octanol–water partition coefficient (Wildman–Crippen LogP) is 2.29. The number of nitrogens with one attached hydrogen (secondary N) is 1. The van der Waals surface area contributed by atoms with Crippen LogP contribution in [-0.4, -0.2) is 35.6 Å². The van der Waals surface area contributed by atoms with Crippen molar-refractivity contribution in [2.24, 2.45) is 7.05 Å². The van der Waals surface area contributed by atoms with Gasteiger partial charge >= 0.3 is 0 Å². The Morgan fingerprint density at radius 2 is 2.32 bits per heavy atom. The summed E-state index contributed by atoms with van der Waals surface area (Å²) >= 11 is 0. The van der Waals surface area contributed by atoms with E-state index in [0.29, 0.717) is 12.2 Å². The monoisotopic (exact) mass is 265 g/mol. The lowest BCUT2D eigenvalue weighted by atomic mass is 10.2. The fourth-order valence-corrected chi connectivity index (χ4v) is 2.01. The maximum Gasteiger partial charge on any atom is 0.128 e. The second-order valence-corrected chi connectivity index (χ2v) is 4.53. The van der Waals surface area contributed by atoms with Gasteiger partial charge in [0.15, 0.2) is 0 Å². The van der Waals surface area contributed by atoms with Crippen LogP contribution in [0.3, 0.4) is 0 Å². The Hall–Kier alpha value is -1.62. The maximum atomic E-state index is 12.9. The van der Waals surface area contributed by atoms with E-state index in [1.807, 2.05) is 32.2 Å². The zero-order valence-electron chi connectivity index (χ0n) is 11.4. The lowest BCUT2D eigenvalue weighted by molar-refractivity contribution is 0.155. The molecule has 1 aromatic heterocycles. The van der Waals surface area contributed by atoms with E-state index >= 15 is 0 Å². The van der Waals surface area contributed by atoms with Crippen molar-refractivity contribution in [3.8, 4) is 5.75 Å². The first-order valence-corrected chi connectivity index (χ1v) is 6.59. The van der Waals surface area contributed by atoms with Gasteiger partial charge in [-0.1, -0.05) is 6.92 Å². The molecule has 104 valence electrons. The SMILES string of the molecule is CCNCC[C@H](CF)Oc1ccc2c(cnn2C)c1. The van der Waals surface area contributed by atoms with E-state index in [4.69, 9.17) is 4.74 Å². The molecule has 1 heterocycles. The molecule has 4 nitrogen and oxygen atoms in total. The minimum atomic E-state index is -0.476. The average Bonchev–Trinajstić information content (AvgIpc) is 2.79. The molecule has 0 aliphatic carbocycles. The van der Waals surface area contributed by atoms with Crippen LogP contribution in [0.4, 0.5) is 4.39 Å². The molecule has 2 rings (SSSR count). The van der Waals surface area contributed by atoms with E-state index < -0.39 is 12.8 Å². The lowest BCUT2D eigenvalue weighted by Crippen LogP contribution is -2.25. The molecule has 0 radical (unpaired) electrons. The zero-order chi connectivity index (χ0) is 13.7. The Balaban J connectivity index is 2.02. The van der Waals surface area contributed by atoms with Gasteiger partial charge in [0.05, 0.1) is 11.7 Å². The van der Waals surface area contributed by atoms with Gasteiger partial charge < -0.3 is 10.1 Å². The second-order valence-electron chi connectivity index (χ2n) is 4.53. The summed E-state index contributed by atoms with van der Waals surface area (Å²) in [6.07, 6.45) is 2.05. The third kappa shape index (κ3) is 3.44. The van der Waals surface area contributed by atoms with Crippen molar-refractivity contribution in [1.29, 1.82) is 0 Å². The third-order valence-electron chi connectivity index (χ3n) is 3.09. The van der Waals surface area contributed by atoms with Crippen LogP contribution >= 0.6 is 0 Å². The molecule has 0 bridgehead atoms. The normalized spacial score (nSPS) is 12.8. The molecule has 1 aromatic carbocycles. The number of halogens is 1. The summed E-state index contributed by atoms with van der Waals surface area (Å²) in [5.74, 6) is 0.694. The second kappa shape index (κ2) is 6.52. The minimum Gasteiger partial charge on any atom is -0.488 e. The number of ether oxygens (including phenoxy) is 1. The van der Waals surface area contributed by atoms with Gasteiger partial charge in [-0.25, -0.2) is 4.39 Å². The van der Waals surface area contributed by atoms with E-state index in [2.05, 4.69) is 10.4 Å². The van der Waals surface area contributed by atoms with Gasteiger partial charge in [-0.05, 0) is 37.7 Å². The molecular formula is C14H20FN3O. The first kappa shape index (κ1) is 13.8. The van der Waals surface area contributed by atoms with Crippen molar-refractivity contribution in [3.05, 3.63) is 24.4 Å². The van der Waals surface area contributed by atoms with Crippen LogP contribution < -0.4 is 10.1 Å². The zero-order valence-corrected chi connectivity index (χ0v) is 11.4. The number of aromatic nitrogens is 2. The Morgan fingerprint density at radius 3 is 3.05 bits per heavy atom. The van der Waals surface area contributed by atoms with Crippen LogP contribution in [0.15, 0.2) is 24.4 Å². The highest BCUT2D eigenvalue weighted by Crippen LogP contribution is 2.21. The lowest BCUT2D eigenvalue weighted by Gasteiger charge is -2.16. The molecule has 2 aromatic rings. The maximum absolute atomic E-state index is 12.9. The number of aryl methyl sites for hydroxylation is 1. The van der Waals surface area contributed by atoms with Crippen LogP contribution in [0.25, 0.3) is 10.9 Å². The molecule has 0 fully saturated rings. The standard InChI is InChI=1S/C14H20FN3O/c1-3-16-7-6-13(9-15)19-12-4-5-14-11(8-12)10-17-18(14)2/h4-5,8,10,13,16H,3,6-7,9H2,1-2H3/t13-/m1/s1. The van der Waals surface area contributed by atoms with Gasteiger partial charge in [0.2, 0.25) is 0 Å². The highest BCUT2D eigenvalue weighted by Gasteiger charge is 2.10. The molecule has 0 unspecified atom stereocenters. The highest BCUT2D eigenvalue weighted by atomic mass is 19.1. The van der Waals surface area contributed by atoms with Crippen LogP contribution in [0, 0.1) is 0 Å². The predicted molar refractivity (Wildman–Crippen MR) is 74.3 cm³/mol. The fourth-order valence-electron chi connectivity index (χ4n) is 2.01. The van der Waals surface area contributed by atoms with Crippen LogP contribution in [0.2, 0.25) is 0 Å². The number of hydrogen-bond acceptors (Lipinski definition) is 3. The van der Waals surface area contributed by atoms with Gasteiger partial charge in [-0.2, -0.15) is 5.10 Å². The molecular weight excluding hydrogens is 245 g/mol. The Kier molecular flexibility index (Phi) is 4.74. The van der Waals surface area contributed by atoms with Gasteiger partial charge in [0.1, 0.15) is 18.5 Å². The average molecular weight is 265 g/mol.